The van der Waals surface area contributed by atoms with E-state index in [-0.39, 0.29) is 23.7 Å². The molecule has 0 bridgehead atoms. The van der Waals surface area contributed by atoms with Gasteiger partial charge >= 0.3 is 0 Å². The number of hydrogen-bond acceptors (Lipinski definition) is 5. The second-order valence-corrected chi connectivity index (χ2v) is 4.14. The maximum atomic E-state index is 10.2. The molecule has 0 aromatic heterocycles. The summed E-state index contributed by atoms with van der Waals surface area (Å²) in [5.41, 5.74) is 2.06. The minimum Gasteiger partial charge on any atom is -0.400 e. The standard InChI is InChI=1S/2C7H7NO2.2C2H6.CH4O.CH4/c1-6-2-4-7(5-3-6)8(9)10;1-6-4-2-3-5-7(6)8(9)10;3*1-2;/h2*2-5H,1H3;2*1-2H3;2H,1H3;1H4. The van der Waals surface area contributed by atoms with Gasteiger partial charge in [0.15, 0.2) is 0 Å². The fourth-order valence-corrected chi connectivity index (χ4v) is 1.43. The van der Waals surface area contributed by atoms with Crippen molar-refractivity contribution in [1.82, 2.24) is 0 Å². The molecule has 154 valence electrons. The predicted molar refractivity (Wildman–Crippen MR) is 113 cm³/mol. The van der Waals surface area contributed by atoms with Crippen LogP contribution in [-0.2, 0) is 0 Å². The zero-order valence-corrected chi connectivity index (χ0v) is 16.6. The van der Waals surface area contributed by atoms with E-state index >= 15 is 0 Å². The summed E-state index contributed by atoms with van der Waals surface area (Å²) >= 11 is 0. The first-order chi connectivity index (χ1) is 12.4. The van der Waals surface area contributed by atoms with Crippen molar-refractivity contribution in [2.45, 2.75) is 49.0 Å². The van der Waals surface area contributed by atoms with Crippen LogP contribution < -0.4 is 0 Å². The van der Waals surface area contributed by atoms with Crippen LogP contribution in [0.1, 0.15) is 46.2 Å². The van der Waals surface area contributed by atoms with Crippen molar-refractivity contribution in [2.75, 3.05) is 7.11 Å². The van der Waals surface area contributed by atoms with Crippen LogP contribution in [0.4, 0.5) is 11.4 Å². The second-order valence-electron chi connectivity index (χ2n) is 4.14. The molecule has 1 N–H and O–H groups in total. The summed E-state index contributed by atoms with van der Waals surface area (Å²) in [6.07, 6.45) is 0. The Balaban J connectivity index is -0.000000149. The second kappa shape index (κ2) is 21.2. The Kier molecular flexibility index (Phi) is 25.1. The summed E-state index contributed by atoms with van der Waals surface area (Å²) in [6.45, 7) is 11.6. The monoisotopic (exact) mass is 382 g/mol. The van der Waals surface area contributed by atoms with Gasteiger partial charge in [-0.15, -0.1) is 0 Å². The average Bonchev–Trinajstić information content (AvgIpc) is 2.67. The van der Waals surface area contributed by atoms with Crippen molar-refractivity contribution in [1.29, 1.82) is 0 Å². The normalized spacial score (nSPS) is 7.56. The summed E-state index contributed by atoms with van der Waals surface area (Å²) in [5.74, 6) is 0. The highest BCUT2D eigenvalue weighted by Gasteiger charge is 2.06. The van der Waals surface area contributed by atoms with Crippen molar-refractivity contribution in [3.8, 4) is 0 Å². The van der Waals surface area contributed by atoms with E-state index in [9.17, 15) is 20.2 Å². The smallest absolute Gasteiger partial charge is 0.272 e. The molecule has 0 radical (unpaired) electrons. The molecule has 2 rings (SSSR count). The minimum absolute atomic E-state index is 0. The lowest BCUT2D eigenvalue weighted by Gasteiger charge is -1.92. The molecule has 0 heterocycles. The van der Waals surface area contributed by atoms with Gasteiger partial charge in [-0.25, -0.2) is 0 Å². The number of aryl methyl sites for hydroxylation is 2. The fraction of sp³-hybridized carbons (Fsp3) is 0.400. The SMILES string of the molecule is C.CC.CC.CO.Cc1ccc([N+](=O)[O-])cc1.Cc1ccccc1[N+](=O)[O-]. The lowest BCUT2D eigenvalue weighted by Crippen LogP contribution is -1.89. The minimum atomic E-state index is -0.403. The number of para-hydroxylation sites is 1. The van der Waals surface area contributed by atoms with E-state index in [1.54, 1.807) is 37.3 Å². The molecule has 7 heteroatoms. The third kappa shape index (κ3) is 15.2. The van der Waals surface area contributed by atoms with E-state index in [1.807, 2.05) is 34.6 Å². The lowest BCUT2D eigenvalue weighted by atomic mass is 10.2. The van der Waals surface area contributed by atoms with Gasteiger partial charge in [-0.3, -0.25) is 20.2 Å². The number of benzene rings is 2. The van der Waals surface area contributed by atoms with Crippen LogP contribution in [-0.4, -0.2) is 22.1 Å². The third-order valence-electron chi connectivity index (χ3n) is 2.56. The summed E-state index contributed by atoms with van der Waals surface area (Å²) in [6, 6.07) is 13.1. The van der Waals surface area contributed by atoms with Crippen LogP contribution in [0.25, 0.3) is 0 Å². The highest BCUT2D eigenvalue weighted by atomic mass is 16.6. The number of hydrogen-bond donors (Lipinski definition) is 1. The Morgan fingerprint density at radius 2 is 1.15 bits per heavy atom. The molecular formula is C20H34N2O5. The molecule has 0 aliphatic heterocycles. The maximum absolute atomic E-state index is 10.2. The topological polar surface area (TPSA) is 107 Å². The third-order valence-corrected chi connectivity index (χ3v) is 2.56. The number of aliphatic hydroxyl groups is 1. The molecule has 0 atom stereocenters. The maximum Gasteiger partial charge on any atom is 0.272 e. The van der Waals surface area contributed by atoms with E-state index in [1.165, 1.54) is 18.2 Å². The van der Waals surface area contributed by atoms with Crippen molar-refractivity contribution < 1.29 is 15.0 Å². The van der Waals surface area contributed by atoms with Crippen LogP contribution in [0.3, 0.4) is 0 Å². The Morgan fingerprint density at radius 3 is 1.44 bits per heavy atom. The Hall–Kier alpha value is -2.80. The van der Waals surface area contributed by atoms with Gasteiger partial charge in [-0.05, 0) is 13.8 Å². The van der Waals surface area contributed by atoms with Gasteiger partial charge < -0.3 is 5.11 Å². The Labute approximate surface area is 163 Å². The molecule has 0 fully saturated rings. The highest BCUT2D eigenvalue weighted by Crippen LogP contribution is 2.15. The van der Waals surface area contributed by atoms with Gasteiger partial charge in [0.05, 0.1) is 9.85 Å². The van der Waals surface area contributed by atoms with Crippen LogP contribution in [0.2, 0.25) is 0 Å². The van der Waals surface area contributed by atoms with Gasteiger partial charge in [0.2, 0.25) is 0 Å². The molecule has 0 unspecified atom stereocenters. The van der Waals surface area contributed by atoms with Crippen molar-refractivity contribution >= 4 is 11.4 Å². The zero-order valence-electron chi connectivity index (χ0n) is 16.6. The Morgan fingerprint density at radius 1 is 0.741 bits per heavy atom. The van der Waals surface area contributed by atoms with E-state index in [2.05, 4.69) is 0 Å². The molecule has 0 saturated carbocycles. The van der Waals surface area contributed by atoms with Crippen molar-refractivity contribution in [2.24, 2.45) is 0 Å². The predicted octanol–water partition coefficient (Wildman–Crippen LogP) is 6.10. The number of aliphatic hydroxyl groups excluding tert-OH is 1. The van der Waals surface area contributed by atoms with Crippen molar-refractivity contribution in [3.63, 3.8) is 0 Å². The molecule has 7 nitrogen and oxygen atoms in total. The van der Waals surface area contributed by atoms with Crippen LogP contribution in [0, 0.1) is 34.1 Å². The van der Waals surface area contributed by atoms with Crippen molar-refractivity contribution in [3.05, 3.63) is 79.9 Å². The van der Waals surface area contributed by atoms with E-state index in [0.29, 0.717) is 5.56 Å². The molecule has 0 spiro atoms. The molecule has 27 heavy (non-hydrogen) atoms. The lowest BCUT2D eigenvalue weighted by molar-refractivity contribution is -0.385. The van der Waals surface area contributed by atoms with Gasteiger partial charge in [0, 0.05) is 30.9 Å². The molecule has 2 aromatic carbocycles. The molecule has 0 aliphatic rings. The van der Waals surface area contributed by atoms with E-state index < -0.39 is 4.92 Å². The number of nitrogens with zero attached hydrogens (tertiary/aromatic N) is 2. The van der Waals surface area contributed by atoms with Crippen LogP contribution >= 0.6 is 0 Å². The fourth-order valence-electron chi connectivity index (χ4n) is 1.43. The first kappa shape index (κ1) is 31.9. The summed E-state index contributed by atoms with van der Waals surface area (Å²) in [4.78, 5) is 19.6. The number of nitro benzene ring substituents is 2. The average molecular weight is 383 g/mol. The molecule has 0 aliphatic carbocycles. The Bertz CT molecular complexity index is 614. The number of rotatable bonds is 2. The largest absolute Gasteiger partial charge is 0.400 e. The van der Waals surface area contributed by atoms with Gasteiger partial charge in [-0.2, -0.15) is 0 Å². The highest BCUT2D eigenvalue weighted by molar-refractivity contribution is 5.38. The summed E-state index contributed by atoms with van der Waals surface area (Å²) in [5, 5.41) is 27.3. The van der Waals surface area contributed by atoms with Crippen LogP contribution in [0.15, 0.2) is 48.5 Å². The molecule has 0 amide bonds. The van der Waals surface area contributed by atoms with Crippen LogP contribution in [0.5, 0.6) is 0 Å². The quantitative estimate of drug-likeness (QED) is 0.498. The van der Waals surface area contributed by atoms with E-state index in [0.717, 1.165) is 12.7 Å². The summed E-state index contributed by atoms with van der Waals surface area (Å²) < 4.78 is 0. The van der Waals surface area contributed by atoms with Gasteiger partial charge in [0.1, 0.15) is 0 Å². The van der Waals surface area contributed by atoms with E-state index in [4.69, 9.17) is 5.11 Å². The number of non-ortho nitro benzene ring substituents is 1. The van der Waals surface area contributed by atoms with Gasteiger partial charge in [-0.1, -0.05) is 71.0 Å². The zero-order chi connectivity index (χ0) is 21.1. The first-order valence-corrected chi connectivity index (χ1v) is 8.27. The first-order valence-electron chi connectivity index (χ1n) is 8.27. The molecule has 2 aromatic rings. The summed E-state index contributed by atoms with van der Waals surface area (Å²) in [7, 11) is 1.00. The molecule has 0 saturated heterocycles. The van der Waals surface area contributed by atoms with Gasteiger partial charge in [0.25, 0.3) is 11.4 Å². The number of nitro groups is 2. The molecular weight excluding hydrogens is 348 g/mol.